The summed E-state index contributed by atoms with van der Waals surface area (Å²) >= 11 is 0. The predicted molar refractivity (Wildman–Crippen MR) is 233 cm³/mol. The zero-order valence-corrected chi connectivity index (χ0v) is 37.3. The lowest BCUT2D eigenvalue weighted by Gasteiger charge is -2.41. The van der Waals surface area contributed by atoms with Crippen molar-refractivity contribution in [1.29, 1.82) is 0 Å². The van der Waals surface area contributed by atoms with Gasteiger partial charge in [-0.15, -0.1) is 0 Å². The van der Waals surface area contributed by atoms with Gasteiger partial charge in [0.25, 0.3) is 0 Å². The first-order valence-electron chi connectivity index (χ1n) is 22.3. The van der Waals surface area contributed by atoms with E-state index in [0.29, 0.717) is 12.8 Å². The van der Waals surface area contributed by atoms with Crippen LogP contribution in [0.2, 0.25) is 0 Å². The van der Waals surface area contributed by atoms with Gasteiger partial charge in [0.1, 0.15) is 43.2 Å². The zero-order chi connectivity index (χ0) is 45.3. The molecule has 1 saturated carbocycles. The number of aliphatic hydroxyl groups is 7. The highest BCUT2D eigenvalue weighted by molar-refractivity contribution is 7.47. The van der Waals surface area contributed by atoms with Gasteiger partial charge in [0.2, 0.25) is 0 Å². The van der Waals surface area contributed by atoms with Gasteiger partial charge in [0.05, 0.1) is 18.8 Å². The van der Waals surface area contributed by atoms with Crippen LogP contribution in [0, 0.1) is 0 Å². The number of hydrogen-bond acceptors (Lipinski definition) is 14. The van der Waals surface area contributed by atoms with E-state index in [1.165, 1.54) is 25.7 Å². The lowest BCUT2D eigenvalue weighted by molar-refractivity contribution is -0.220. The number of aliphatic hydroxyl groups excluding tert-OH is 7. The van der Waals surface area contributed by atoms with Crippen molar-refractivity contribution in [3.8, 4) is 0 Å². The molecule has 0 saturated heterocycles. The fourth-order valence-electron chi connectivity index (χ4n) is 6.31. The number of carbonyl (C=O) groups excluding carboxylic acids is 2. The van der Waals surface area contributed by atoms with Gasteiger partial charge in [-0.3, -0.25) is 18.6 Å². The molecule has 1 rings (SSSR count). The third-order valence-corrected chi connectivity index (χ3v) is 11.0. The van der Waals surface area contributed by atoms with Crippen molar-refractivity contribution >= 4 is 19.8 Å². The Labute approximate surface area is 363 Å². The summed E-state index contributed by atoms with van der Waals surface area (Å²) in [5.41, 5.74) is 0. The lowest BCUT2D eigenvalue weighted by Crippen LogP contribution is -2.64. The molecule has 352 valence electrons. The molecule has 8 N–H and O–H groups in total. The number of phosphoric acid groups is 1. The third-order valence-electron chi connectivity index (χ3n) is 10.0. The van der Waals surface area contributed by atoms with Gasteiger partial charge in [-0.1, -0.05) is 113 Å². The molecule has 1 aliphatic rings. The first kappa shape index (κ1) is 56.5. The van der Waals surface area contributed by atoms with Crippen LogP contribution in [0.5, 0.6) is 0 Å². The molecule has 15 nitrogen and oxygen atoms in total. The fourth-order valence-corrected chi connectivity index (χ4v) is 7.28. The van der Waals surface area contributed by atoms with Crippen LogP contribution in [0.15, 0.2) is 60.8 Å². The number of hydrogen-bond donors (Lipinski definition) is 8. The topological polar surface area (TPSA) is 250 Å². The smallest absolute Gasteiger partial charge is 0.462 e. The minimum atomic E-state index is -5.20. The highest BCUT2D eigenvalue weighted by atomic mass is 31.2. The molecular formula is C45H77O15P. The van der Waals surface area contributed by atoms with Crippen LogP contribution in [-0.2, 0) is 32.7 Å². The van der Waals surface area contributed by atoms with Gasteiger partial charge in [-0.05, 0) is 77.0 Å². The first-order chi connectivity index (χ1) is 29.2. The highest BCUT2D eigenvalue weighted by Crippen LogP contribution is 2.47. The van der Waals surface area contributed by atoms with Gasteiger partial charge in [-0.2, -0.15) is 0 Å². The Kier molecular flexibility index (Phi) is 32.3. The SMILES string of the molecule is CC/C=C\C/C=C\C/C=C\C/C=C\C[C@@H](O)[C@H](O)CCCC(=O)O[C@H](COC(=O)CCCCCCC/C=C\CCCCCC)COP(=O)(O)OC1[C@H](O)[C@H](O)C(O)[C@H](O)[C@H]1O. The lowest BCUT2D eigenvalue weighted by atomic mass is 9.85. The summed E-state index contributed by atoms with van der Waals surface area (Å²) in [6.07, 6.45) is 20.0. The number of allylic oxidation sites excluding steroid dienone is 9. The van der Waals surface area contributed by atoms with Gasteiger partial charge in [-0.25, -0.2) is 4.57 Å². The Balaban J connectivity index is 2.61. The molecule has 0 spiro atoms. The predicted octanol–water partition coefficient (Wildman–Crippen LogP) is 6.11. The maximum atomic E-state index is 12.8. The number of ether oxygens (including phenoxy) is 2. The quantitative estimate of drug-likeness (QED) is 0.0155. The molecule has 0 aromatic carbocycles. The van der Waals surface area contributed by atoms with Crippen molar-refractivity contribution in [3.05, 3.63) is 60.8 Å². The molecule has 0 heterocycles. The van der Waals surface area contributed by atoms with Crippen LogP contribution in [0.3, 0.4) is 0 Å². The first-order valence-corrected chi connectivity index (χ1v) is 23.8. The van der Waals surface area contributed by atoms with E-state index in [2.05, 4.69) is 50.3 Å². The number of esters is 2. The van der Waals surface area contributed by atoms with E-state index in [9.17, 15) is 54.8 Å². The van der Waals surface area contributed by atoms with E-state index in [1.54, 1.807) is 6.08 Å². The Morgan fingerprint density at radius 1 is 0.590 bits per heavy atom. The molecule has 0 aromatic heterocycles. The van der Waals surface area contributed by atoms with Crippen molar-refractivity contribution in [1.82, 2.24) is 0 Å². The van der Waals surface area contributed by atoms with Crippen molar-refractivity contribution in [2.45, 2.75) is 197 Å². The van der Waals surface area contributed by atoms with Crippen molar-refractivity contribution in [3.63, 3.8) is 0 Å². The van der Waals surface area contributed by atoms with Crippen LogP contribution in [0.4, 0.5) is 0 Å². The molecule has 0 bridgehead atoms. The Morgan fingerprint density at radius 3 is 1.69 bits per heavy atom. The third kappa shape index (κ3) is 27.3. The largest absolute Gasteiger partial charge is 0.472 e. The second-order valence-corrected chi connectivity index (χ2v) is 16.9. The second kappa shape index (κ2) is 34.9. The van der Waals surface area contributed by atoms with Crippen LogP contribution in [0.25, 0.3) is 0 Å². The molecule has 0 radical (unpaired) electrons. The summed E-state index contributed by atoms with van der Waals surface area (Å²) in [4.78, 5) is 35.7. The summed E-state index contributed by atoms with van der Waals surface area (Å²) in [5, 5.41) is 70.9. The zero-order valence-electron chi connectivity index (χ0n) is 36.4. The molecule has 3 unspecified atom stereocenters. The van der Waals surface area contributed by atoms with E-state index < -0.39 is 87.9 Å². The van der Waals surface area contributed by atoms with Crippen LogP contribution in [-0.4, -0.2) is 121 Å². The Morgan fingerprint density at radius 2 is 1.10 bits per heavy atom. The van der Waals surface area contributed by atoms with E-state index >= 15 is 0 Å². The Bertz CT molecular complexity index is 1330. The van der Waals surface area contributed by atoms with Gasteiger partial charge in [0, 0.05) is 12.8 Å². The van der Waals surface area contributed by atoms with E-state index in [0.717, 1.165) is 57.8 Å². The van der Waals surface area contributed by atoms with Crippen molar-refractivity contribution < 1.29 is 73.3 Å². The molecule has 1 fully saturated rings. The molecule has 0 amide bonds. The molecular weight excluding hydrogens is 811 g/mol. The molecule has 61 heavy (non-hydrogen) atoms. The summed E-state index contributed by atoms with van der Waals surface area (Å²) in [6, 6.07) is 0. The standard InChI is InChI=1S/C45H77O15P/c1-3-5-7-9-11-13-15-17-19-21-23-25-27-31-38(48)57-33-35(34-58-61(55,56)60-45-43(53)41(51)40(50)42(52)44(45)54)59-39(49)32-28-30-37(47)36(46)29-26-24-22-20-18-16-14-12-10-8-6-4-2/h6,8,12-15,18,20,24,26,35-37,40-47,50-54H,3-5,7,9-11,16-17,19,21-23,25,27-34H2,1-2H3,(H,55,56)/b8-6-,14-12-,15-13-,20-18-,26-24-/t35-,36-,37-,40?,41-,42+,43-,44-,45?/m1/s1. The molecule has 0 aliphatic heterocycles. The van der Waals surface area contributed by atoms with Gasteiger partial charge >= 0.3 is 19.8 Å². The van der Waals surface area contributed by atoms with E-state index in [4.69, 9.17) is 18.5 Å². The van der Waals surface area contributed by atoms with E-state index in [-0.39, 0.29) is 32.1 Å². The number of rotatable bonds is 35. The summed E-state index contributed by atoms with van der Waals surface area (Å²) < 4.78 is 33.3. The van der Waals surface area contributed by atoms with Crippen LogP contribution < -0.4 is 0 Å². The summed E-state index contributed by atoms with van der Waals surface area (Å²) in [5.74, 6) is -1.40. The highest BCUT2D eigenvalue weighted by Gasteiger charge is 2.51. The average molecular weight is 889 g/mol. The fraction of sp³-hybridized carbons (Fsp3) is 0.733. The normalized spacial score (nSPS) is 23.6. The summed E-state index contributed by atoms with van der Waals surface area (Å²) in [6.45, 7) is 2.89. The van der Waals surface area contributed by atoms with E-state index in [1.807, 2.05) is 18.2 Å². The summed E-state index contributed by atoms with van der Waals surface area (Å²) in [7, 11) is -5.20. The number of unbranched alkanes of at least 4 members (excludes halogenated alkanes) is 9. The van der Waals surface area contributed by atoms with Crippen molar-refractivity contribution in [2.75, 3.05) is 13.2 Å². The molecule has 0 aromatic rings. The van der Waals surface area contributed by atoms with Gasteiger partial charge < -0.3 is 50.1 Å². The molecule has 16 heteroatoms. The molecule has 1 aliphatic carbocycles. The van der Waals surface area contributed by atoms with Crippen LogP contribution in [0.1, 0.15) is 142 Å². The maximum Gasteiger partial charge on any atom is 0.472 e. The minimum absolute atomic E-state index is 0.0634. The molecule has 10 atom stereocenters. The van der Waals surface area contributed by atoms with Crippen molar-refractivity contribution in [2.24, 2.45) is 0 Å². The minimum Gasteiger partial charge on any atom is -0.462 e. The maximum absolute atomic E-state index is 12.8. The average Bonchev–Trinajstić information content (AvgIpc) is 3.23. The Hall–Kier alpha value is -2.53. The second-order valence-electron chi connectivity index (χ2n) is 15.5. The van der Waals surface area contributed by atoms with Gasteiger partial charge in [0.15, 0.2) is 6.10 Å². The monoisotopic (exact) mass is 889 g/mol. The number of carbonyl (C=O) groups is 2. The number of phosphoric ester groups is 1. The van der Waals surface area contributed by atoms with Crippen LogP contribution >= 0.6 is 7.82 Å².